The summed E-state index contributed by atoms with van der Waals surface area (Å²) in [7, 11) is 0. The van der Waals surface area contributed by atoms with E-state index in [4.69, 9.17) is 16.0 Å². The zero-order chi connectivity index (χ0) is 20.8. The third kappa shape index (κ3) is 3.36. The zero-order valence-corrected chi connectivity index (χ0v) is 15.8. The molecule has 3 aromatic rings. The van der Waals surface area contributed by atoms with Crippen LogP contribution in [0.2, 0.25) is 5.02 Å². The van der Waals surface area contributed by atoms with E-state index in [0.717, 1.165) is 22.6 Å². The van der Waals surface area contributed by atoms with Gasteiger partial charge in [-0.25, -0.2) is 18.6 Å². The molecule has 0 saturated carbocycles. The van der Waals surface area contributed by atoms with Crippen LogP contribution in [0.5, 0.6) is 0 Å². The van der Waals surface area contributed by atoms with Crippen LogP contribution in [0, 0.1) is 11.6 Å². The second-order valence-electron chi connectivity index (χ2n) is 6.70. The highest BCUT2D eigenvalue weighted by atomic mass is 35.5. The van der Waals surface area contributed by atoms with Crippen molar-refractivity contribution in [3.63, 3.8) is 0 Å². The third-order valence-electron chi connectivity index (χ3n) is 4.75. The van der Waals surface area contributed by atoms with Crippen molar-refractivity contribution in [3.05, 3.63) is 76.8 Å². The molecule has 1 fully saturated rings. The average Bonchev–Trinajstić information content (AvgIpc) is 3.24. The first-order chi connectivity index (χ1) is 13.8. The molecule has 0 radical (unpaired) electrons. The van der Waals surface area contributed by atoms with Gasteiger partial charge >= 0.3 is 6.03 Å². The quantitative estimate of drug-likeness (QED) is 0.644. The maximum absolute atomic E-state index is 13.6. The van der Waals surface area contributed by atoms with Crippen molar-refractivity contribution in [2.45, 2.75) is 19.0 Å². The Kier molecular flexibility index (Phi) is 4.58. The molecule has 1 aliphatic rings. The largest absolute Gasteiger partial charge is 0.439 e. The van der Waals surface area contributed by atoms with Crippen LogP contribution in [0.1, 0.15) is 18.4 Å². The summed E-state index contributed by atoms with van der Waals surface area (Å²) in [5.74, 6) is -2.18. The van der Waals surface area contributed by atoms with E-state index in [1.54, 1.807) is 24.3 Å². The summed E-state index contributed by atoms with van der Waals surface area (Å²) in [5.41, 5.74) is -0.666. The molecule has 1 saturated heterocycles. The van der Waals surface area contributed by atoms with E-state index in [2.05, 4.69) is 10.3 Å². The van der Waals surface area contributed by atoms with Gasteiger partial charge in [-0.2, -0.15) is 0 Å². The fourth-order valence-corrected chi connectivity index (χ4v) is 3.24. The second kappa shape index (κ2) is 6.97. The van der Waals surface area contributed by atoms with Crippen LogP contribution in [-0.4, -0.2) is 21.8 Å². The summed E-state index contributed by atoms with van der Waals surface area (Å²) in [6.45, 7) is 1.21. The molecule has 1 N–H and O–H groups in total. The molecule has 0 spiro atoms. The van der Waals surface area contributed by atoms with Gasteiger partial charge < -0.3 is 9.73 Å². The van der Waals surface area contributed by atoms with E-state index in [1.165, 1.54) is 19.2 Å². The molecule has 6 nitrogen and oxygen atoms in total. The van der Waals surface area contributed by atoms with Crippen LogP contribution in [0.4, 0.5) is 13.6 Å². The van der Waals surface area contributed by atoms with Crippen molar-refractivity contribution in [2.24, 2.45) is 0 Å². The molecule has 29 heavy (non-hydrogen) atoms. The van der Waals surface area contributed by atoms with Crippen LogP contribution in [0.3, 0.4) is 0 Å². The molecule has 0 aliphatic carbocycles. The van der Waals surface area contributed by atoms with Gasteiger partial charge in [0.25, 0.3) is 5.91 Å². The Labute approximate surface area is 169 Å². The van der Waals surface area contributed by atoms with Crippen LogP contribution < -0.4 is 5.32 Å². The van der Waals surface area contributed by atoms with E-state index in [-0.39, 0.29) is 18.0 Å². The summed E-state index contributed by atoms with van der Waals surface area (Å²) >= 11 is 5.87. The van der Waals surface area contributed by atoms with Gasteiger partial charge in [0, 0.05) is 10.6 Å². The first-order valence-corrected chi connectivity index (χ1v) is 8.96. The molecule has 4 rings (SSSR count). The Morgan fingerprint density at radius 2 is 1.86 bits per heavy atom. The lowest BCUT2D eigenvalue weighted by molar-refractivity contribution is -0.131. The van der Waals surface area contributed by atoms with Gasteiger partial charge in [-0.3, -0.25) is 9.69 Å². The van der Waals surface area contributed by atoms with Gasteiger partial charge in [0.15, 0.2) is 17.4 Å². The van der Waals surface area contributed by atoms with Crippen LogP contribution in [0.25, 0.3) is 11.3 Å². The number of imide groups is 1. The van der Waals surface area contributed by atoms with E-state index >= 15 is 0 Å². The number of nitrogens with zero attached hydrogens (tertiary/aromatic N) is 2. The highest BCUT2D eigenvalue weighted by Gasteiger charge is 2.49. The number of halogens is 3. The molecule has 2 heterocycles. The highest BCUT2D eigenvalue weighted by molar-refractivity contribution is 6.30. The maximum atomic E-state index is 13.6. The summed E-state index contributed by atoms with van der Waals surface area (Å²) in [6.07, 6.45) is 1.48. The number of amides is 3. The predicted octanol–water partition coefficient (Wildman–Crippen LogP) is 4.24. The van der Waals surface area contributed by atoms with Crippen LogP contribution in [0.15, 0.2) is 53.1 Å². The Balaban J connectivity index is 1.57. The van der Waals surface area contributed by atoms with Gasteiger partial charge in [-0.05, 0) is 48.9 Å². The fraction of sp³-hybridized carbons (Fsp3) is 0.150. The topological polar surface area (TPSA) is 75.4 Å². The number of hydrogen-bond acceptors (Lipinski definition) is 4. The number of benzene rings is 2. The molecule has 0 unspecified atom stereocenters. The second-order valence-corrected chi connectivity index (χ2v) is 7.14. The molecule has 1 atom stereocenters. The lowest BCUT2D eigenvalue weighted by Crippen LogP contribution is -2.41. The fourth-order valence-electron chi connectivity index (χ4n) is 3.11. The molecule has 0 bridgehead atoms. The standard InChI is InChI=1S/C20H14ClF2N3O3/c1-20(12-4-7-14(22)15(23)8-12)18(27)26(19(28)25-20)10-17-24-9-16(29-17)11-2-5-13(21)6-3-11/h2-9H,10H2,1H3,(H,25,28)/t20-/m0/s1. The SMILES string of the molecule is C[C@@]1(c2ccc(F)c(F)c2)NC(=O)N(Cc2ncc(-c3ccc(Cl)cc3)o2)C1=O. The summed E-state index contributed by atoms with van der Waals surface area (Å²) in [5, 5.41) is 3.10. The smallest absolute Gasteiger partial charge is 0.325 e. The monoisotopic (exact) mass is 417 g/mol. The lowest BCUT2D eigenvalue weighted by atomic mass is 9.92. The molecule has 9 heteroatoms. The summed E-state index contributed by atoms with van der Waals surface area (Å²) in [6, 6.07) is 9.26. The van der Waals surface area contributed by atoms with Crippen molar-refractivity contribution < 1.29 is 22.8 Å². The van der Waals surface area contributed by atoms with Crippen molar-refractivity contribution in [3.8, 4) is 11.3 Å². The molecule has 1 aliphatic heterocycles. The van der Waals surface area contributed by atoms with Gasteiger partial charge in [0.05, 0.1) is 6.20 Å². The summed E-state index contributed by atoms with van der Waals surface area (Å²) < 4.78 is 32.5. The molecule has 148 valence electrons. The normalized spacial score (nSPS) is 19.0. The molecule has 2 aromatic carbocycles. The lowest BCUT2D eigenvalue weighted by Gasteiger charge is -2.22. The van der Waals surface area contributed by atoms with E-state index < -0.39 is 29.1 Å². The molecular weight excluding hydrogens is 404 g/mol. The van der Waals surface area contributed by atoms with Gasteiger partial charge in [-0.1, -0.05) is 17.7 Å². The van der Waals surface area contributed by atoms with Crippen LogP contribution in [-0.2, 0) is 16.9 Å². The van der Waals surface area contributed by atoms with E-state index in [9.17, 15) is 18.4 Å². The van der Waals surface area contributed by atoms with E-state index in [1.807, 2.05) is 0 Å². The number of rotatable bonds is 4. The predicted molar refractivity (Wildman–Crippen MR) is 99.7 cm³/mol. The third-order valence-corrected chi connectivity index (χ3v) is 5.00. The Morgan fingerprint density at radius 3 is 2.55 bits per heavy atom. The Morgan fingerprint density at radius 1 is 1.14 bits per heavy atom. The Hall–Kier alpha value is -3.26. The number of carbonyl (C=O) groups excluding carboxylic acids is 2. The van der Waals surface area contributed by atoms with Crippen molar-refractivity contribution >= 4 is 23.5 Å². The van der Waals surface area contributed by atoms with Crippen molar-refractivity contribution in [2.75, 3.05) is 0 Å². The minimum Gasteiger partial charge on any atom is -0.439 e. The first kappa shape index (κ1) is 19.1. The number of urea groups is 1. The van der Waals surface area contributed by atoms with Gasteiger partial charge in [-0.15, -0.1) is 0 Å². The summed E-state index contributed by atoms with van der Waals surface area (Å²) in [4.78, 5) is 30.3. The maximum Gasteiger partial charge on any atom is 0.325 e. The number of nitrogens with one attached hydrogen (secondary N) is 1. The number of oxazole rings is 1. The minimum absolute atomic E-state index is 0.131. The number of carbonyl (C=O) groups is 2. The van der Waals surface area contributed by atoms with Gasteiger partial charge in [0.1, 0.15) is 12.1 Å². The number of hydrogen-bond donors (Lipinski definition) is 1. The Bertz CT molecular complexity index is 1120. The molecular formula is C20H14ClF2N3O3. The molecule has 1 aromatic heterocycles. The number of aromatic nitrogens is 1. The van der Waals surface area contributed by atoms with Crippen molar-refractivity contribution in [1.29, 1.82) is 0 Å². The van der Waals surface area contributed by atoms with Crippen LogP contribution >= 0.6 is 11.6 Å². The average molecular weight is 418 g/mol. The van der Waals surface area contributed by atoms with Crippen molar-refractivity contribution in [1.82, 2.24) is 15.2 Å². The van der Waals surface area contributed by atoms with E-state index in [0.29, 0.717) is 10.8 Å². The zero-order valence-electron chi connectivity index (χ0n) is 15.1. The first-order valence-electron chi connectivity index (χ1n) is 8.58. The van der Waals surface area contributed by atoms with Gasteiger partial charge in [0.2, 0.25) is 5.89 Å². The highest BCUT2D eigenvalue weighted by Crippen LogP contribution is 2.31. The molecule has 3 amide bonds. The minimum atomic E-state index is -1.53.